The van der Waals surface area contributed by atoms with Crippen molar-refractivity contribution >= 4 is 21.6 Å². The van der Waals surface area contributed by atoms with E-state index < -0.39 is 33.5 Å². The first-order valence-corrected chi connectivity index (χ1v) is 11.3. The Hall–Kier alpha value is -3.24. The average molecular weight is 480 g/mol. The summed E-state index contributed by atoms with van der Waals surface area (Å²) in [6, 6.07) is 17.2. The van der Waals surface area contributed by atoms with Crippen LogP contribution in [0.25, 0.3) is 0 Å². The molecule has 0 unspecified atom stereocenters. The maximum absolute atomic E-state index is 13.3. The number of rotatable bonds is 8. The minimum atomic E-state index is -4.87. The summed E-state index contributed by atoms with van der Waals surface area (Å²) in [7, 11) is -3.72. The van der Waals surface area contributed by atoms with Gasteiger partial charge in [-0.3, -0.25) is 4.79 Å². The maximum atomic E-state index is 13.3. The van der Waals surface area contributed by atoms with Crippen LogP contribution in [0.1, 0.15) is 23.1 Å². The molecule has 2 N–H and O–H groups in total. The van der Waals surface area contributed by atoms with Crippen molar-refractivity contribution in [3.8, 4) is 0 Å². The minimum Gasteiger partial charge on any atom is -0.326 e. The number of hydrogen-bond donors (Lipinski definition) is 2. The Balaban J connectivity index is 1.55. The van der Waals surface area contributed by atoms with Crippen LogP contribution in [0, 0.1) is 5.82 Å². The molecule has 0 heterocycles. The molecular weight excluding hydrogens is 460 g/mol. The largest absolute Gasteiger partial charge is 0.419 e. The number of sulfonamides is 1. The molecule has 5 nitrogen and oxygen atoms in total. The van der Waals surface area contributed by atoms with Gasteiger partial charge in [-0.1, -0.05) is 42.5 Å². The van der Waals surface area contributed by atoms with Gasteiger partial charge in [-0.05, 0) is 47.9 Å². The van der Waals surface area contributed by atoms with E-state index in [0.29, 0.717) is 17.7 Å². The maximum Gasteiger partial charge on any atom is 0.419 e. The number of aryl methyl sites for hydroxylation is 1. The quantitative estimate of drug-likeness (QED) is 0.451. The van der Waals surface area contributed by atoms with Gasteiger partial charge in [0.1, 0.15) is 5.82 Å². The molecule has 33 heavy (non-hydrogen) atoms. The topological polar surface area (TPSA) is 75.3 Å². The summed E-state index contributed by atoms with van der Waals surface area (Å²) in [4.78, 5) is 12.2. The van der Waals surface area contributed by atoms with Crippen molar-refractivity contribution in [2.75, 3.05) is 5.32 Å². The fraction of sp³-hybridized carbons (Fsp3) is 0.174. The number of carbonyl (C=O) groups excluding carboxylic acids is 1. The van der Waals surface area contributed by atoms with Crippen molar-refractivity contribution in [1.29, 1.82) is 0 Å². The highest BCUT2D eigenvalue weighted by atomic mass is 32.2. The number of alkyl halides is 3. The number of amides is 1. The zero-order chi connectivity index (χ0) is 24.1. The predicted molar refractivity (Wildman–Crippen MR) is 115 cm³/mol. The molecular formula is C23H20F4N2O3S. The third kappa shape index (κ3) is 6.87. The first-order valence-electron chi connectivity index (χ1n) is 9.84. The van der Waals surface area contributed by atoms with E-state index >= 15 is 0 Å². The van der Waals surface area contributed by atoms with Gasteiger partial charge in [0.05, 0.1) is 10.5 Å². The zero-order valence-electron chi connectivity index (χ0n) is 17.2. The van der Waals surface area contributed by atoms with E-state index in [-0.39, 0.29) is 30.0 Å². The lowest BCUT2D eigenvalue weighted by molar-refractivity contribution is -0.140. The Morgan fingerprint density at radius 3 is 2.18 bits per heavy atom. The molecule has 0 aliphatic rings. The molecule has 0 bridgehead atoms. The van der Waals surface area contributed by atoms with Gasteiger partial charge in [-0.2, -0.15) is 13.2 Å². The number of nitrogens with one attached hydrogen (secondary N) is 2. The Labute approximate surface area is 188 Å². The third-order valence-electron chi connectivity index (χ3n) is 4.74. The van der Waals surface area contributed by atoms with Crippen molar-refractivity contribution in [1.82, 2.24) is 4.72 Å². The molecule has 0 aromatic heterocycles. The molecule has 0 saturated heterocycles. The number of benzene rings is 3. The van der Waals surface area contributed by atoms with Gasteiger partial charge in [0.25, 0.3) is 0 Å². The lowest BCUT2D eigenvalue weighted by Crippen LogP contribution is -2.23. The summed E-state index contributed by atoms with van der Waals surface area (Å²) in [5, 5.41) is 2.31. The van der Waals surface area contributed by atoms with Crippen LogP contribution in [0.15, 0.2) is 77.7 Å². The highest BCUT2D eigenvalue weighted by Crippen LogP contribution is 2.33. The average Bonchev–Trinajstić information content (AvgIpc) is 2.78. The lowest BCUT2D eigenvalue weighted by Gasteiger charge is -2.11. The first-order chi connectivity index (χ1) is 15.5. The molecule has 0 radical (unpaired) electrons. The highest BCUT2D eigenvalue weighted by molar-refractivity contribution is 7.89. The third-order valence-corrected chi connectivity index (χ3v) is 6.16. The Bertz CT molecular complexity index is 1210. The summed E-state index contributed by atoms with van der Waals surface area (Å²) in [5.74, 6) is -1.98. The lowest BCUT2D eigenvalue weighted by atomic mass is 10.1. The highest BCUT2D eigenvalue weighted by Gasteiger charge is 2.34. The summed E-state index contributed by atoms with van der Waals surface area (Å²) < 4.78 is 79.1. The van der Waals surface area contributed by atoms with Crippen molar-refractivity contribution in [2.45, 2.75) is 30.5 Å². The van der Waals surface area contributed by atoms with Crippen LogP contribution < -0.4 is 10.0 Å². The monoisotopic (exact) mass is 480 g/mol. The van der Waals surface area contributed by atoms with E-state index in [1.165, 1.54) is 12.1 Å². The van der Waals surface area contributed by atoms with E-state index in [1.54, 1.807) is 36.4 Å². The molecule has 10 heteroatoms. The normalized spacial score (nSPS) is 11.9. The van der Waals surface area contributed by atoms with Gasteiger partial charge >= 0.3 is 6.18 Å². The van der Waals surface area contributed by atoms with Crippen LogP contribution in [0.4, 0.5) is 23.2 Å². The van der Waals surface area contributed by atoms with Crippen molar-refractivity contribution in [2.24, 2.45) is 0 Å². The standard InChI is InChI=1S/C23H20F4N2O3S/c24-21-12-9-18(14-20(21)23(25,26)27)29-22(30)13-8-16-6-10-19(11-7-16)33(31,32)28-15-17-4-2-1-3-5-17/h1-7,9-12,14,28H,8,13,15H2,(H,29,30). The second-order valence-corrected chi connectivity index (χ2v) is 8.96. The second-order valence-electron chi connectivity index (χ2n) is 7.19. The summed E-state index contributed by atoms with van der Waals surface area (Å²) in [6.45, 7) is 0.143. The molecule has 0 saturated carbocycles. The van der Waals surface area contributed by atoms with Crippen LogP contribution in [-0.4, -0.2) is 14.3 Å². The van der Waals surface area contributed by atoms with Gasteiger partial charge in [0.15, 0.2) is 0 Å². The van der Waals surface area contributed by atoms with Gasteiger partial charge in [0.2, 0.25) is 15.9 Å². The number of halogens is 4. The molecule has 3 aromatic carbocycles. The van der Waals surface area contributed by atoms with Crippen LogP contribution >= 0.6 is 0 Å². The van der Waals surface area contributed by atoms with E-state index in [9.17, 15) is 30.8 Å². The van der Waals surface area contributed by atoms with Gasteiger partial charge in [-0.15, -0.1) is 0 Å². The molecule has 0 atom stereocenters. The van der Waals surface area contributed by atoms with Crippen LogP contribution in [0.5, 0.6) is 0 Å². The number of carbonyl (C=O) groups is 1. The fourth-order valence-electron chi connectivity index (χ4n) is 2.99. The molecule has 3 rings (SSSR count). The van der Waals surface area contributed by atoms with Gasteiger partial charge in [-0.25, -0.2) is 17.5 Å². The summed E-state index contributed by atoms with van der Waals surface area (Å²) >= 11 is 0. The Kier molecular flexibility index (Phi) is 7.50. The van der Waals surface area contributed by atoms with E-state index in [2.05, 4.69) is 10.0 Å². The van der Waals surface area contributed by atoms with Crippen molar-refractivity contribution in [3.05, 3.63) is 95.3 Å². The van der Waals surface area contributed by atoms with Crippen molar-refractivity contribution < 1.29 is 30.8 Å². The van der Waals surface area contributed by atoms with Gasteiger partial charge in [0, 0.05) is 18.7 Å². The van der Waals surface area contributed by atoms with E-state index in [4.69, 9.17) is 0 Å². The molecule has 0 aliphatic carbocycles. The zero-order valence-corrected chi connectivity index (χ0v) is 18.0. The molecule has 0 aliphatic heterocycles. The molecule has 3 aromatic rings. The predicted octanol–water partition coefficient (Wildman–Crippen LogP) is 4.89. The minimum absolute atomic E-state index is 0.0585. The molecule has 174 valence electrons. The van der Waals surface area contributed by atoms with Crippen LogP contribution in [0.2, 0.25) is 0 Å². The SMILES string of the molecule is O=C(CCc1ccc(S(=O)(=O)NCc2ccccc2)cc1)Nc1ccc(F)c(C(F)(F)F)c1. The number of anilines is 1. The molecule has 0 spiro atoms. The second kappa shape index (κ2) is 10.1. The number of hydrogen-bond acceptors (Lipinski definition) is 3. The van der Waals surface area contributed by atoms with E-state index in [1.807, 2.05) is 6.07 Å². The Morgan fingerprint density at radius 1 is 0.879 bits per heavy atom. The van der Waals surface area contributed by atoms with Crippen LogP contribution in [0.3, 0.4) is 0 Å². The van der Waals surface area contributed by atoms with Crippen molar-refractivity contribution in [3.63, 3.8) is 0 Å². The Morgan fingerprint density at radius 2 is 1.55 bits per heavy atom. The molecule has 1 amide bonds. The summed E-state index contributed by atoms with van der Waals surface area (Å²) in [5.41, 5.74) is -0.146. The molecule has 0 fully saturated rings. The smallest absolute Gasteiger partial charge is 0.326 e. The fourth-order valence-corrected chi connectivity index (χ4v) is 4.01. The van der Waals surface area contributed by atoms with E-state index in [0.717, 1.165) is 11.6 Å². The van der Waals surface area contributed by atoms with Gasteiger partial charge < -0.3 is 5.32 Å². The first kappa shape index (κ1) is 24.4. The summed E-state index contributed by atoms with van der Waals surface area (Å²) in [6.07, 6.45) is -4.70. The van der Waals surface area contributed by atoms with Crippen LogP contribution in [-0.2, 0) is 34.0 Å².